The van der Waals surface area contributed by atoms with E-state index in [1.165, 1.54) is 17.3 Å². The van der Waals surface area contributed by atoms with Crippen LogP contribution in [0.5, 0.6) is 0 Å². The number of rotatable bonds is 8. The molecule has 0 atom stereocenters. The highest BCUT2D eigenvalue weighted by atomic mass is 32.2. The number of hydrogen-bond donors (Lipinski definition) is 0. The van der Waals surface area contributed by atoms with Gasteiger partial charge in [0, 0.05) is 19.2 Å². The molecule has 0 aliphatic heterocycles. The van der Waals surface area contributed by atoms with Crippen LogP contribution in [0.2, 0.25) is 0 Å². The number of benzene rings is 1. The van der Waals surface area contributed by atoms with Gasteiger partial charge in [-0.3, -0.25) is 9.78 Å². The lowest BCUT2D eigenvalue weighted by Gasteiger charge is -2.08. The Morgan fingerprint density at radius 1 is 1.11 bits per heavy atom. The SMILES string of the molecule is CCn1c(SCC(=O)Cc2ccc(C(C)C)cc2)nnc1-c1ccccn1. The van der Waals surface area contributed by atoms with E-state index in [1.54, 1.807) is 6.20 Å². The Balaban J connectivity index is 1.63. The summed E-state index contributed by atoms with van der Waals surface area (Å²) in [5.74, 6) is 1.80. The second kappa shape index (κ2) is 8.95. The van der Waals surface area contributed by atoms with Gasteiger partial charge in [-0.1, -0.05) is 55.9 Å². The number of hydrogen-bond acceptors (Lipinski definition) is 5. The number of aromatic nitrogens is 4. The zero-order chi connectivity index (χ0) is 19.2. The van der Waals surface area contributed by atoms with Gasteiger partial charge < -0.3 is 4.57 Å². The molecule has 0 saturated carbocycles. The quantitative estimate of drug-likeness (QED) is 0.543. The molecule has 0 spiro atoms. The van der Waals surface area contributed by atoms with E-state index < -0.39 is 0 Å². The molecular weight excluding hydrogens is 356 g/mol. The van der Waals surface area contributed by atoms with Gasteiger partial charge in [0.1, 0.15) is 11.5 Å². The van der Waals surface area contributed by atoms with Gasteiger partial charge >= 0.3 is 0 Å². The zero-order valence-electron chi connectivity index (χ0n) is 15.9. The lowest BCUT2D eigenvalue weighted by molar-refractivity contribution is -0.116. The summed E-state index contributed by atoms with van der Waals surface area (Å²) in [5, 5.41) is 9.27. The molecule has 5 nitrogen and oxygen atoms in total. The van der Waals surface area contributed by atoms with Crippen LogP contribution in [0.1, 0.15) is 37.8 Å². The number of nitrogens with zero attached hydrogens (tertiary/aromatic N) is 4. The number of thioether (sulfide) groups is 1. The lowest BCUT2D eigenvalue weighted by atomic mass is 10.0. The fraction of sp³-hybridized carbons (Fsp3) is 0.333. The van der Waals surface area contributed by atoms with Gasteiger partial charge in [-0.15, -0.1) is 10.2 Å². The first-order chi connectivity index (χ1) is 13.1. The van der Waals surface area contributed by atoms with Crippen molar-refractivity contribution in [3.63, 3.8) is 0 Å². The fourth-order valence-corrected chi connectivity index (χ4v) is 3.67. The van der Waals surface area contributed by atoms with Crippen LogP contribution in [-0.2, 0) is 17.8 Å². The van der Waals surface area contributed by atoms with Crippen molar-refractivity contribution in [1.82, 2.24) is 19.7 Å². The van der Waals surface area contributed by atoms with Crippen molar-refractivity contribution in [2.45, 2.75) is 44.8 Å². The van der Waals surface area contributed by atoms with Crippen LogP contribution in [0.3, 0.4) is 0 Å². The van der Waals surface area contributed by atoms with Crippen LogP contribution in [0.4, 0.5) is 0 Å². The van der Waals surface area contributed by atoms with Crippen LogP contribution in [-0.4, -0.2) is 31.3 Å². The first kappa shape index (κ1) is 19.3. The normalized spacial score (nSPS) is 11.1. The Morgan fingerprint density at radius 2 is 1.89 bits per heavy atom. The highest BCUT2D eigenvalue weighted by Gasteiger charge is 2.15. The Hall–Kier alpha value is -2.47. The molecule has 0 N–H and O–H groups in total. The Labute approximate surface area is 164 Å². The molecule has 3 aromatic rings. The summed E-state index contributed by atoms with van der Waals surface area (Å²) in [6, 6.07) is 14.0. The van der Waals surface area contributed by atoms with E-state index in [0.717, 1.165) is 28.8 Å². The molecule has 0 amide bonds. The van der Waals surface area contributed by atoms with Gasteiger partial charge in [0.25, 0.3) is 0 Å². The maximum absolute atomic E-state index is 12.4. The molecule has 2 aromatic heterocycles. The number of carbonyl (C=O) groups is 1. The molecule has 3 rings (SSSR count). The van der Waals surface area contributed by atoms with Crippen molar-refractivity contribution in [3.8, 4) is 11.5 Å². The third kappa shape index (κ3) is 4.83. The molecule has 0 radical (unpaired) electrons. The van der Waals surface area contributed by atoms with E-state index in [0.29, 0.717) is 18.1 Å². The lowest BCUT2D eigenvalue weighted by Crippen LogP contribution is -2.07. The molecule has 0 fully saturated rings. The van der Waals surface area contributed by atoms with Crippen LogP contribution in [0.15, 0.2) is 53.8 Å². The summed E-state index contributed by atoms with van der Waals surface area (Å²) in [5.41, 5.74) is 3.13. The molecule has 0 aliphatic rings. The second-order valence-corrected chi connectivity index (χ2v) is 7.61. The van der Waals surface area contributed by atoms with Gasteiger partial charge in [0.15, 0.2) is 11.0 Å². The molecule has 0 unspecified atom stereocenters. The average molecular weight is 381 g/mol. The van der Waals surface area contributed by atoms with E-state index in [2.05, 4.69) is 41.2 Å². The third-order valence-electron chi connectivity index (χ3n) is 4.34. The molecular formula is C21H24N4OS. The second-order valence-electron chi connectivity index (χ2n) is 6.67. The van der Waals surface area contributed by atoms with E-state index in [-0.39, 0.29) is 5.78 Å². The van der Waals surface area contributed by atoms with E-state index in [9.17, 15) is 4.79 Å². The van der Waals surface area contributed by atoms with Gasteiger partial charge in [0.2, 0.25) is 0 Å². The summed E-state index contributed by atoms with van der Waals surface area (Å²) in [7, 11) is 0. The van der Waals surface area contributed by atoms with Gasteiger partial charge in [-0.25, -0.2) is 0 Å². The van der Waals surface area contributed by atoms with Crippen molar-refractivity contribution in [2.75, 3.05) is 5.75 Å². The van der Waals surface area contributed by atoms with E-state index in [4.69, 9.17) is 0 Å². The Kier molecular flexibility index (Phi) is 6.40. The molecule has 0 saturated heterocycles. The van der Waals surface area contributed by atoms with Crippen LogP contribution in [0.25, 0.3) is 11.5 Å². The summed E-state index contributed by atoms with van der Waals surface area (Å²) in [4.78, 5) is 16.7. The number of pyridine rings is 1. The van der Waals surface area contributed by atoms with Crippen LogP contribution in [0, 0.1) is 0 Å². The minimum Gasteiger partial charge on any atom is -0.301 e. The van der Waals surface area contributed by atoms with Crippen molar-refractivity contribution in [1.29, 1.82) is 0 Å². The average Bonchev–Trinajstić information content (AvgIpc) is 3.10. The van der Waals surface area contributed by atoms with Crippen molar-refractivity contribution in [3.05, 3.63) is 59.8 Å². The molecule has 140 valence electrons. The van der Waals surface area contributed by atoms with Crippen molar-refractivity contribution >= 4 is 17.5 Å². The first-order valence-corrected chi connectivity index (χ1v) is 10.1. The predicted octanol–water partition coefficient (Wildman–Crippen LogP) is 4.39. The number of Topliss-reactive ketones (excluding diaryl/α,β-unsaturated/α-hetero) is 1. The van der Waals surface area contributed by atoms with Gasteiger partial charge in [-0.05, 0) is 36.1 Å². The maximum atomic E-state index is 12.4. The van der Waals surface area contributed by atoms with Crippen molar-refractivity contribution < 1.29 is 4.79 Å². The summed E-state index contributed by atoms with van der Waals surface area (Å²) in [6.07, 6.45) is 2.18. The summed E-state index contributed by atoms with van der Waals surface area (Å²) >= 11 is 1.43. The largest absolute Gasteiger partial charge is 0.301 e. The molecule has 27 heavy (non-hydrogen) atoms. The van der Waals surface area contributed by atoms with E-state index in [1.807, 2.05) is 41.8 Å². The van der Waals surface area contributed by atoms with E-state index >= 15 is 0 Å². The van der Waals surface area contributed by atoms with Gasteiger partial charge in [0.05, 0.1) is 5.75 Å². The molecule has 0 bridgehead atoms. The Morgan fingerprint density at radius 3 is 2.52 bits per heavy atom. The number of ketones is 1. The highest BCUT2D eigenvalue weighted by Crippen LogP contribution is 2.23. The van der Waals surface area contributed by atoms with Crippen molar-refractivity contribution in [2.24, 2.45) is 0 Å². The zero-order valence-corrected chi connectivity index (χ0v) is 16.7. The highest BCUT2D eigenvalue weighted by molar-refractivity contribution is 7.99. The smallest absolute Gasteiger partial charge is 0.191 e. The minimum atomic E-state index is 0.183. The predicted molar refractivity (Wildman–Crippen MR) is 109 cm³/mol. The molecule has 6 heteroatoms. The van der Waals surface area contributed by atoms with Gasteiger partial charge in [-0.2, -0.15) is 0 Å². The summed E-state index contributed by atoms with van der Waals surface area (Å²) in [6.45, 7) is 7.10. The Bertz CT molecular complexity index is 888. The first-order valence-electron chi connectivity index (χ1n) is 9.16. The van der Waals surface area contributed by atoms with Crippen LogP contribution >= 0.6 is 11.8 Å². The topological polar surface area (TPSA) is 60.7 Å². The third-order valence-corrected chi connectivity index (χ3v) is 5.36. The fourth-order valence-electron chi connectivity index (χ4n) is 2.81. The summed E-state index contributed by atoms with van der Waals surface area (Å²) < 4.78 is 2.00. The molecule has 1 aromatic carbocycles. The monoisotopic (exact) mass is 380 g/mol. The van der Waals surface area contributed by atoms with Crippen LogP contribution < -0.4 is 0 Å². The maximum Gasteiger partial charge on any atom is 0.191 e. The molecule has 2 heterocycles. The molecule has 0 aliphatic carbocycles. The minimum absolute atomic E-state index is 0.183. The standard InChI is InChI=1S/C21H24N4OS/c1-4-25-20(19-7-5-6-12-22-19)23-24-21(25)27-14-18(26)13-16-8-10-17(11-9-16)15(2)3/h5-12,15H,4,13-14H2,1-3H3. The number of carbonyl (C=O) groups excluding carboxylic acids is 1.